The average molecular weight is 259 g/mol. The molecule has 0 aliphatic heterocycles. The van der Waals surface area contributed by atoms with Crippen LogP contribution in [0.5, 0.6) is 0 Å². The fraction of sp³-hybridized carbons (Fsp3) is 0.400. The zero-order valence-electron chi connectivity index (χ0n) is 8.90. The molecule has 4 nitrogen and oxygen atoms in total. The third kappa shape index (κ3) is 1.81. The van der Waals surface area contributed by atoms with Gasteiger partial charge in [0.1, 0.15) is 0 Å². The number of aryl methyl sites for hydroxylation is 1. The second-order valence-electron chi connectivity index (χ2n) is 3.79. The summed E-state index contributed by atoms with van der Waals surface area (Å²) in [6, 6.07) is 0. The summed E-state index contributed by atoms with van der Waals surface area (Å²) < 4.78 is 1.92. The Morgan fingerprint density at radius 3 is 3.06 bits per heavy atom. The molecule has 0 aliphatic carbocycles. The zero-order chi connectivity index (χ0) is 11.9. The highest BCUT2D eigenvalue weighted by Crippen LogP contribution is 2.26. The van der Waals surface area contributed by atoms with Crippen LogP contribution >= 0.6 is 22.9 Å². The van der Waals surface area contributed by atoms with Crippen LogP contribution in [0, 0.1) is 12.8 Å². The van der Waals surface area contributed by atoms with E-state index in [1.54, 1.807) is 6.92 Å². The smallest absolute Gasteiger partial charge is 0.306 e. The lowest BCUT2D eigenvalue weighted by Crippen LogP contribution is -2.13. The highest BCUT2D eigenvalue weighted by atomic mass is 35.5. The molecule has 1 N–H and O–H groups in total. The van der Waals surface area contributed by atoms with Crippen LogP contribution in [0.4, 0.5) is 0 Å². The summed E-state index contributed by atoms with van der Waals surface area (Å²) >= 11 is 7.52. The normalized spacial score (nSPS) is 13.2. The molecule has 2 heterocycles. The molecule has 16 heavy (non-hydrogen) atoms. The Bertz CT molecular complexity index is 546. The van der Waals surface area contributed by atoms with Crippen molar-refractivity contribution in [3.63, 3.8) is 0 Å². The molecule has 2 rings (SSSR count). The first-order valence-electron chi connectivity index (χ1n) is 4.84. The number of rotatable bonds is 3. The van der Waals surface area contributed by atoms with Crippen LogP contribution in [0.3, 0.4) is 0 Å². The van der Waals surface area contributed by atoms with E-state index in [9.17, 15) is 4.79 Å². The summed E-state index contributed by atoms with van der Waals surface area (Å²) in [5.41, 5.74) is 1.82. The molecule has 1 unspecified atom stereocenters. The minimum absolute atomic E-state index is 0.396. The van der Waals surface area contributed by atoms with E-state index in [2.05, 4.69) is 4.98 Å². The quantitative estimate of drug-likeness (QED) is 0.921. The van der Waals surface area contributed by atoms with Gasteiger partial charge in [-0.2, -0.15) is 0 Å². The number of hydrogen-bond acceptors (Lipinski definition) is 3. The van der Waals surface area contributed by atoms with E-state index in [1.165, 1.54) is 11.3 Å². The number of aliphatic carboxylic acids is 1. The molecule has 0 saturated carbocycles. The largest absolute Gasteiger partial charge is 0.481 e. The third-order valence-corrected chi connectivity index (χ3v) is 3.75. The molecule has 86 valence electrons. The van der Waals surface area contributed by atoms with Crippen LogP contribution in [-0.2, 0) is 11.2 Å². The van der Waals surface area contributed by atoms with Gasteiger partial charge in [0.15, 0.2) is 10.1 Å². The van der Waals surface area contributed by atoms with Crippen LogP contribution in [0.15, 0.2) is 5.38 Å². The van der Waals surface area contributed by atoms with Gasteiger partial charge in [-0.25, -0.2) is 4.98 Å². The number of carbonyl (C=O) groups is 1. The number of halogens is 1. The molecule has 2 aromatic rings. The first-order chi connectivity index (χ1) is 7.50. The monoisotopic (exact) mass is 258 g/mol. The Labute approximate surface area is 101 Å². The lowest BCUT2D eigenvalue weighted by molar-refractivity contribution is -0.141. The molecule has 0 saturated heterocycles. The van der Waals surface area contributed by atoms with E-state index in [1.807, 2.05) is 16.7 Å². The van der Waals surface area contributed by atoms with Gasteiger partial charge in [0.05, 0.1) is 11.6 Å². The molecule has 0 aromatic carbocycles. The topological polar surface area (TPSA) is 54.6 Å². The number of carboxylic acid groups (broad SMARTS) is 1. The summed E-state index contributed by atoms with van der Waals surface area (Å²) in [7, 11) is 0. The maximum Gasteiger partial charge on any atom is 0.306 e. The number of hydrogen-bond donors (Lipinski definition) is 1. The van der Waals surface area contributed by atoms with Crippen LogP contribution in [0.25, 0.3) is 4.96 Å². The molecule has 0 amide bonds. The second kappa shape index (κ2) is 4.07. The van der Waals surface area contributed by atoms with Crippen molar-refractivity contribution in [1.29, 1.82) is 0 Å². The Balaban J connectivity index is 2.46. The second-order valence-corrected chi connectivity index (χ2v) is 4.98. The number of fused-ring (bicyclic) bond motifs is 1. The maximum absolute atomic E-state index is 10.8. The van der Waals surface area contributed by atoms with Gasteiger partial charge in [-0.15, -0.1) is 11.3 Å². The minimum Gasteiger partial charge on any atom is -0.481 e. The first-order valence-corrected chi connectivity index (χ1v) is 6.10. The van der Waals surface area contributed by atoms with E-state index in [-0.39, 0.29) is 0 Å². The summed E-state index contributed by atoms with van der Waals surface area (Å²) in [5, 5.41) is 11.3. The Morgan fingerprint density at radius 2 is 2.44 bits per heavy atom. The van der Waals surface area contributed by atoms with Crippen molar-refractivity contribution in [2.75, 3.05) is 0 Å². The highest BCUT2D eigenvalue weighted by Gasteiger charge is 2.19. The summed E-state index contributed by atoms with van der Waals surface area (Å²) in [6.07, 6.45) is 0.396. The molecule has 0 spiro atoms. The first kappa shape index (κ1) is 11.4. The van der Waals surface area contributed by atoms with Gasteiger partial charge >= 0.3 is 5.97 Å². The van der Waals surface area contributed by atoms with E-state index >= 15 is 0 Å². The highest BCUT2D eigenvalue weighted by molar-refractivity contribution is 7.15. The number of thiazole rings is 1. The Hall–Kier alpha value is -1.07. The summed E-state index contributed by atoms with van der Waals surface area (Å²) in [6.45, 7) is 3.62. The fourth-order valence-corrected chi connectivity index (χ4v) is 2.77. The summed E-state index contributed by atoms with van der Waals surface area (Å²) in [5.74, 6) is -1.28. The van der Waals surface area contributed by atoms with Gasteiger partial charge in [-0.3, -0.25) is 9.20 Å². The molecule has 6 heteroatoms. The van der Waals surface area contributed by atoms with Crippen LogP contribution < -0.4 is 0 Å². The SMILES string of the molecule is Cc1csc2nc(Cl)c(CC(C)C(=O)O)n12. The fourth-order valence-electron chi connectivity index (χ4n) is 1.59. The molecule has 0 fully saturated rings. The van der Waals surface area contributed by atoms with Crippen molar-refractivity contribution in [1.82, 2.24) is 9.38 Å². The number of aromatic nitrogens is 2. The molecular formula is C10H11ClN2O2S. The number of imidazole rings is 1. The van der Waals surface area contributed by atoms with Crippen molar-refractivity contribution in [3.05, 3.63) is 21.9 Å². The van der Waals surface area contributed by atoms with Gasteiger partial charge in [0, 0.05) is 17.5 Å². The third-order valence-electron chi connectivity index (χ3n) is 2.50. The van der Waals surface area contributed by atoms with Gasteiger partial charge in [-0.05, 0) is 6.92 Å². The Kier molecular flexibility index (Phi) is 2.90. The van der Waals surface area contributed by atoms with E-state index in [4.69, 9.17) is 16.7 Å². The molecule has 0 radical (unpaired) electrons. The lowest BCUT2D eigenvalue weighted by Gasteiger charge is -2.06. The van der Waals surface area contributed by atoms with E-state index < -0.39 is 11.9 Å². The minimum atomic E-state index is -0.820. The maximum atomic E-state index is 10.8. The van der Waals surface area contributed by atoms with Crippen molar-refractivity contribution in [2.45, 2.75) is 20.3 Å². The van der Waals surface area contributed by atoms with Gasteiger partial charge in [-0.1, -0.05) is 18.5 Å². The molecular weight excluding hydrogens is 248 g/mol. The van der Waals surface area contributed by atoms with Crippen LogP contribution in [-0.4, -0.2) is 20.5 Å². The van der Waals surface area contributed by atoms with Crippen molar-refractivity contribution < 1.29 is 9.90 Å². The molecule has 0 aliphatic rings. The standard InChI is InChI=1S/C10H11ClN2O2S/c1-5(9(14)15)3-7-8(11)12-10-13(7)6(2)4-16-10/h4-5H,3H2,1-2H3,(H,14,15). The van der Waals surface area contributed by atoms with Crippen molar-refractivity contribution >= 4 is 33.9 Å². The van der Waals surface area contributed by atoms with Gasteiger partial charge in [0.25, 0.3) is 0 Å². The lowest BCUT2D eigenvalue weighted by atomic mass is 10.1. The number of carboxylic acids is 1. The van der Waals surface area contributed by atoms with Crippen molar-refractivity contribution in [3.8, 4) is 0 Å². The predicted octanol–water partition coefficient (Wildman–Crippen LogP) is 2.62. The van der Waals surface area contributed by atoms with Crippen molar-refractivity contribution in [2.24, 2.45) is 5.92 Å². The number of nitrogens with zero attached hydrogens (tertiary/aromatic N) is 2. The van der Waals surface area contributed by atoms with E-state index in [0.717, 1.165) is 16.3 Å². The molecule has 0 bridgehead atoms. The Morgan fingerprint density at radius 1 is 1.75 bits per heavy atom. The zero-order valence-corrected chi connectivity index (χ0v) is 10.5. The summed E-state index contributed by atoms with van der Waals surface area (Å²) in [4.78, 5) is 15.8. The average Bonchev–Trinajstić information content (AvgIpc) is 2.69. The van der Waals surface area contributed by atoms with Gasteiger partial charge in [0.2, 0.25) is 0 Å². The van der Waals surface area contributed by atoms with Gasteiger partial charge < -0.3 is 5.11 Å². The van der Waals surface area contributed by atoms with E-state index in [0.29, 0.717) is 11.6 Å². The van der Waals surface area contributed by atoms with Crippen LogP contribution in [0.2, 0.25) is 5.15 Å². The molecule has 2 aromatic heterocycles. The van der Waals surface area contributed by atoms with Crippen LogP contribution in [0.1, 0.15) is 18.3 Å². The molecule has 1 atom stereocenters. The predicted molar refractivity (Wildman–Crippen MR) is 63.3 cm³/mol.